The maximum absolute atomic E-state index is 5.82. The van der Waals surface area contributed by atoms with Crippen LogP contribution in [0.2, 0.25) is 0 Å². The predicted octanol–water partition coefficient (Wildman–Crippen LogP) is 3.43. The third kappa shape index (κ3) is 3.08. The molecule has 4 N–H and O–H groups in total. The lowest BCUT2D eigenvalue weighted by Gasteiger charge is -2.10. The molecule has 2 heterocycles. The van der Waals surface area contributed by atoms with Gasteiger partial charge in [0.2, 0.25) is 5.82 Å². The third-order valence-corrected chi connectivity index (χ3v) is 3.95. The molecule has 0 aliphatic heterocycles. The molecule has 26 heavy (non-hydrogen) atoms. The largest absolute Gasteiger partial charge is 0.399 e. The lowest BCUT2D eigenvalue weighted by atomic mass is 10.0. The van der Waals surface area contributed by atoms with E-state index in [4.69, 9.17) is 16.5 Å². The van der Waals surface area contributed by atoms with Crippen LogP contribution in [0.25, 0.3) is 34.0 Å². The molecule has 6 heteroatoms. The minimum atomic E-state index is 0.469. The van der Waals surface area contributed by atoms with Crippen molar-refractivity contribution in [2.24, 2.45) is 0 Å². The zero-order chi connectivity index (χ0) is 17.9. The van der Waals surface area contributed by atoms with Crippen molar-refractivity contribution in [2.45, 2.75) is 0 Å². The standard InChI is InChI=1S/C20H16N6/c21-15-8-4-13(5-9-15)18-19(14-6-10-16(22)11-7-14)25-26-20(24-18)17-3-1-2-12-23-17/h1-12H,21-22H2. The van der Waals surface area contributed by atoms with Crippen molar-refractivity contribution < 1.29 is 0 Å². The number of nitrogen functional groups attached to an aromatic ring is 2. The van der Waals surface area contributed by atoms with Crippen LogP contribution in [0.5, 0.6) is 0 Å². The van der Waals surface area contributed by atoms with E-state index in [1.807, 2.05) is 66.7 Å². The second-order valence-corrected chi connectivity index (χ2v) is 5.79. The SMILES string of the molecule is Nc1ccc(-c2nnc(-c3ccccn3)nc2-c2ccc(N)cc2)cc1. The molecule has 0 atom stereocenters. The number of nitrogens with two attached hydrogens (primary N) is 2. The number of rotatable bonds is 3. The van der Waals surface area contributed by atoms with Crippen LogP contribution in [0.3, 0.4) is 0 Å². The molecule has 0 amide bonds. The number of anilines is 2. The molecular formula is C20H16N6. The lowest BCUT2D eigenvalue weighted by molar-refractivity contribution is 0.981. The highest BCUT2D eigenvalue weighted by Gasteiger charge is 2.15. The molecule has 0 spiro atoms. The number of benzene rings is 2. The molecule has 126 valence electrons. The van der Waals surface area contributed by atoms with E-state index in [1.54, 1.807) is 6.20 Å². The van der Waals surface area contributed by atoms with Gasteiger partial charge in [0.1, 0.15) is 17.1 Å². The number of nitrogens with zero attached hydrogens (tertiary/aromatic N) is 4. The maximum atomic E-state index is 5.82. The zero-order valence-corrected chi connectivity index (χ0v) is 13.9. The zero-order valence-electron chi connectivity index (χ0n) is 13.9. The van der Waals surface area contributed by atoms with Crippen molar-refractivity contribution in [3.8, 4) is 34.0 Å². The highest BCUT2D eigenvalue weighted by molar-refractivity contribution is 5.79. The molecular weight excluding hydrogens is 324 g/mol. The Balaban J connectivity index is 1.90. The van der Waals surface area contributed by atoms with Crippen LogP contribution in [0.15, 0.2) is 72.9 Å². The number of hydrogen-bond acceptors (Lipinski definition) is 6. The van der Waals surface area contributed by atoms with E-state index >= 15 is 0 Å². The average molecular weight is 340 g/mol. The average Bonchev–Trinajstić information content (AvgIpc) is 2.70. The van der Waals surface area contributed by atoms with Crippen LogP contribution >= 0.6 is 0 Å². The first kappa shape index (κ1) is 15.7. The van der Waals surface area contributed by atoms with E-state index in [1.165, 1.54) is 0 Å². The molecule has 0 bridgehead atoms. The molecule has 4 rings (SSSR count). The van der Waals surface area contributed by atoms with Gasteiger partial charge in [-0.05, 0) is 36.4 Å². The van der Waals surface area contributed by atoms with Crippen LogP contribution in [0.1, 0.15) is 0 Å². The third-order valence-electron chi connectivity index (χ3n) is 3.95. The first-order chi connectivity index (χ1) is 12.7. The molecule has 0 radical (unpaired) electrons. The van der Waals surface area contributed by atoms with Gasteiger partial charge in [0, 0.05) is 28.7 Å². The lowest BCUT2D eigenvalue weighted by Crippen LogP contribution is -2.01. The topological polar surface area (TPSA) is 104 Å². The molecule has 0 aliphatic rings. The quantitative estimate of drug-likeness (QED) is 0.554. The number of pyridine rings is 1. The van der Waals surface area contributed by atoms with E-state index < -0.39 is 0 Å². The summed E-state index contributed by atoms with van der Waals surface area (Å²) in [5.74, 6) is 0.469. The fraction of sp³-hybridized carbons (Fsp3) is 0. The summed E-state index contributed by atoms with van der Waals surface area (Å²) >= 11 is 0. The van der Waals surface area contributed by atoms with E-state index in [0.29, 0.717) is 34.3 Å². The molecule has 0 aliphatic carbocycles. The maximum Gasteiger partial charge on any atom is 0.201 e. The Labute approximate surface area is 150 Å². The Bertz CT molecular complexity index is 1030. The summed E-state index contributed by atoms with van der Waals surface area (Å²) in [4.78, 5) is 9.04. The summed E-state index contributed by atoms with van der Waals surface area (Å²) in [6.07, 6.45) is 1.70. The Morgan fingerprint density at radius 2 is 1.23 bits per heavy atom. The summed E-state index contributed by atoms with van der Waals surface area (Å²) in [5, 5.41) is 8.70. The van der Waals surface area contributed by atoms with Crippen LogP contribution in [0.4, 0.5) is 11.4 Å². The highest BCUT2D eigenvalue weighted by atomic mass is 15.2. The van der Waals surface area contributed by atoms with Crippen molar-refractivity contribution in [3.63, 3.8) is 0 Å². The van der Waals surface area contributed by atoms with Crippen LogP contribution in [-0.4, -0.2) is 20.2 Å². The Hall–Kier alpha value is -3.80. The van der Waals surface area contributed by atoms with Crippen LogP contribution in [-0.2, 0) is 0 Å². The fourth-order valence-electron chi connectivity index (χ4n) is 2.61. The van der Waals surface area contributed by atoms with Crippen LogP contribution in [0, 0.1) is 0 Å². The van der Waals surface area contributed by atoms with Gasteiger partial charge in [-0.1, -0.05) is 30.3 Å². The highest BCUT2D eigenvalue weighted by Crippen LogP contribution is 2.30. The number of aromatic nitrogens is 4. The monoisotopic (exact) mass is 340 g/mol. The van der Waals surface area contributed by atoms with Gasteiger partial charge >= 0.3 is 0 Å². The van der Waals surface area contributed by atoms with E-state index in [2.05, 4.69) is 15.2 Å². The fourth-order valence-corrected chi connectivity index (χ4v) is 2.61. The van der Waals surface area contributed by atoms with Crippen molar-refractivity contribution in [3.05, 3.63) is 72.9 Å². The molecule has 0 saturated carbocycles. The summed E-state index contributed by atoms with van der Waals surface area (Å²) in [5.41, 5.74) is 16.8. The minimum Gasteiger partial charge on any atom is -0.399 e. The molecule has 2 aromatic heterocycles. The van der Waals surface area contributed by atoms with Gasteiger partial charge in [-0.25, -0.2) is 4.98 Å². The first-order valence-electron chi connectivity index (χ1n) is 8.08. The minimum absolute atomic E-state index is 0.469. The van der Waals surface area contributed by atoms with E-state index in [0.717, 1.165) is 11.1 Å². The molecule has 6 nitrogen and oxygen atoms in total. The Kier molecular flexibility index (Phi) is 3.99. The molecule has 0 fully saturated rings. The van der Waals surface area contributed by atoms with Gasteiger partial charge in [-0.15, -0.1) is 10.2 Å². The van der Waals surface area contributed by atoms with Gasteiger partial charge in [0.15, 0.2) is 0 Å². The summed E-state index contributed by atoms with van der Waals surface area (Å²) in [6.45, 7) is 0. The van der Waals surface area contributed by atoms with Crippen molar-refractivity contribution in [1.29, 1.82) is 0 Å². The van der Waals surface area contributed by atoms with Gasteiger partial charge in [-0.3, -0.25) is 4.98 Å². The van der Waals surface area contributed by atoms with Crippen LogP contribution < -0.4 is 11.5 Å². The summed E-state index contributed by atoms with van der Waals surface area (Å²) in [6, 6.07) is 20.6. The van der Waals surface area contributed by atoms with Crippen molar-refractivity contribution in [1.82, 2.24) is 20.2 Å². The predicted molar refractivity (Wildman–Crippen MR) is 103 cm³/mol. The molecule has 0 unspecified atom stereocenters. The summed E-state index contributed by atoms with van der Waals surface area (Å²) in [7, 11) is 0. The first-order valence-corrected chi connectivity index (χ1v) is 8.08. The Morgan fingerprint density at radius 1 is 0.615 bits per heavy atom. The van der Waals surface area contributed by atoms with Crippen molar-refractivity contribution in [2.75, 3.05) is 11.5 Å². The smallest absolute Gasteiger partial charge is 0.201 e. The molecule has 0 saturated heterocycles. The van der Waals surface area contributed by atoms with E-state index in [9.17, 15) is 0 Å². The van der Waals surface area contributed by atoms with Gasteiger partial charge in [-0.2, -0.15) is 0 Å². The van der Waals surface area contributed by atoms with Gasteiger partial charge in [0.05, 0.1) is 0 Å². The second-order valence-electron chi connectivity index (χ2n) is 5.79. The van der Waals surface area contributed by atoms with E-state index in [-0.39, 0.29) is 0 Å². The van der Waals surface area contributed by atoms with Gasteiger partial charge < -0.3 is 11.5 Å². The normalized spacial score (nSPS) is 10.6. The van der Waals surface area contributed by atoms with Gasteiger partial charge in [0.25, 0.3) is 0 Å². The summed E-state index contributed by atoms with van der Waals surface area (Å²) < 4.78 is 0. The molecule has 4 aromatic rings. The number of hydrogen-bond donors (Lipinski definition) is 2. The van der Waals surface area contributed by atoms with Crippen molar-refractivity contribution >= 4 is 11.4 Å². The molecule has 2 aromatic carbocycles. The second kappa shape index (κ2) is 6.60. The Morgan fingerprint density at radius 3 is 1.81 bits per heavy atom.